The number of piperidine rings is 1. The van der Waals surface area contributed by atoms with Crippen LogP contribution in [0, 0.1) is 17.8 Å². The maximum atomic E-state index is 6.54. The second-order valence-corrected chi connectivity index (χ2v) is 11.1. The summed E-state index contributed by atoms with van der Waals surface area (Å²) in [5.74, 6) is 4.62. The van der Waals surface area contributed by atoms with Crippen LogP contribution >= 0.6 is 0 Å². The highest BCUT2D eigenvalue weighted by atomic mass is 16.4. The van der Waals surface area contributed by atoms with E-state index in [0.29, 0.717) is 11.8 Å². The normalized spacial score (nSPS) is 24.3. The van der Waals surface area contributed by atoms with Crippen molar-refractivity contribution in [2.24, 2.45) is 17.8 Å². The van der Waals surface area contributed by atoms with Gasteiger partial charge >= 0.3 is 0 Å². The van der Waals surface area contributed by atoms with Crippen molar-refractivity contribution in [3.8, 4) is 0 Å². The van der Waals surface area contributed by atoms with Crippen LogP contribution in [0.1, 0.15) is 87.0 Å². The average molecular weight is 472 g/mol. The third-order valence-electron chi connectivity index (χ3n) is 8.80. The lowest BCUT2D eigenvalue weighted by atomic mass is 9.77. The molecule has 1 aliphatic heterocycles. The van der Waals surface area contributed by atoms with Gasteiger partial charge in [0.25, 0.3) is 0 Å². The molecule has 2 heterocycles. The van der Waals surface area contributed by atoms with Gasteiger partial charge in [0, 0.05) is 5.92 Å². The van der Waals surface area contributed by atoms with Crippen molar-refractivity contribution in [3.63, 3.8) is 0 Å². The van der Waals surface area contributed by atoms with Gasteiger partial charge in [-0.05, 0) is 55.1 Å². The summed E-state index contributed by atoms with van der Waals surface area (Å²) in [6.45, 7) is 5.85. The summed E-state index contributed by atoms with van der Waals surface area (Å²) in [6, 6.07) is 22.0. The fraction of sp³-hybridized carbons (Fsp3) is 0.531. The van der Waals surface area contributed by atoms with E-state index in [0.717, 1.165) is 30.0 Å². The summed E-state index contributed by atoms with van der Waals surface area (Å²) in [4.78, 5) is 6.55. The number of hydrogen-bond donors (Lipinski definition) is 1. The molecule has 2 aromatic carbocycles. The van der Waals surface area contributed by atoms with Gasteiger partial charge in [0.05, 0.1) is 25.2 Å². The summed E-state index contributed by atoms with van der Waals surface area (Å²) in [6.07, 6.45) is 13.8. The molecule has 186 valence electrons. The first kappa shape index (κ1) is 24.3. The Balaban J connectivity index is 1.25. The van der Waals surface area contributed by atoms with Gasteiger partial charge in [0.15, 0.2) is 5.76 Å². The Morgan fingerprint density at radius 2 is 1.66 bits per heavy atom. The number of aryl methyl sites for hydroxylation is 1. The predicted molar refractivity (Wildman–Crippen MR) is 142 cm³/mol. The Hall–Kier alpha value is -2.39. The van der Waals surface area contributed by atoms with Crippen molar-refractivity contribution in [2.45, 2.75) is 77.2 Å². The van der Waals surface area contributed by atoms with Crippen LogP contribution in [0.4, 0.5) is 0 Å². The van der Waals surface area contributed by atoms with Crippen LogP contribution in [0.3, 0.4) is 0 Å². The number of rotatable bonds is 9. The quantitative estimate of drug-likeness (QED) is 0.389. The van der Waals surface area contributed by atoms with E-state index >= 15 is 0 Å². The first-order valence-electron chi connectivity index (χ1n) is 14.2. The van der Waals surface area contributed by atoms with E-state index in [1.165, 1.54) is 82.0 Å². The lowest BCUT2D eigenvalue weighted by molar-refractivity contribution is -0.924. The predicted octanol–water partition coefficient (Wildman–Crippen LogP) is 6.45. The van der Waals surface area contributed by atoms with Crippen LogP contribution < -0.4 is 4.90 Å². The van der Waals surface area contributed by atoms with Gasteiger partial charge in [0.2, 0.25) is 5.89 Å². The third kappa shape index (κ3) is 6.25. The molecular formula is C32H43N2O+. The minimum absolute atomic E-state index is 0.296. The van der Waals surface area contributed by atoms with E-state index in [1.54, 1.807) is 4.90 Å². The number of aromatic nitrogens is 1. The Kier molecular flexibility index (Phi) is 8.36. The molecule has 4 unspecified atom stereocenters. The SMILES string of the molecule is CCC1CC[NH+](Cc2cnc(C(c3ccccc3)C3CCCCC3)o2)CC1CCc1ccccc1. The fourth-order valence-corrected chi connectivity index (χ4v) is 6.84. The van der Waals surface area contributed by atoms with Gasteiger partial charge in [0.1, 0.15) is 6.54 Å². The summed E-state index contributed by atoms with van der Waals surface area (Å²) in [5.41, 5.74) is 2.84. The molecule has 4 atom stereocenters. The van der Waals surface area contributed by atoms with Crippen molar-refractivity contribution >= 4 is 0 Å². The largest absolute Gasteiger partial charge is 0.439 e. The number of nitrogens with zero attached hydrogens (tertiary/aromatic N) is 1. The minimum Gasteiger partial charge on any atom is -0.439 e. The van der Waals surface area contributed by atoms with E-state index < -0.39 is 0 Å². The summed E-state index contributed by atoms with van der Waals surface area (Å²) in [7, 11) is 0. The molecule has 2 fully saturated rings. The highest BCUT2D eigenvalue weighted by Crippen LogP contribution is 2.40. The number of oxazole rings is 1. The zero-order valence-corrected chi connectivity index (χ0v) is 21.5. The van der Waals surface area contributed by atoms with Crippen molar-refractivity contribution in [1.29, 1.82) is 0 Å². The molecule has 1 saturated carbocycles. The number of hydrogen-bond acceptors (Lipinski definition) is 2. The standard InChI is InChI=1S/C32H42N2O/c1-2-26-20-21-34(23-29(26)19-18-25-12-6-3-7-13-25)24-30-22-33-32(35-30)31(27-14-8-4-9-15-27)28-16-10-5-11-17-28/h3-4,6-9,12-15,22,26,28-29,31H,2,5,10-11,16-21,23-24H2,1H3/p+1. The molecule has 0 spiro atoms. The lowest BCUT2D eigenvalue weighted by Crippen LogP contribution is -3.12. The zero-order valence-electron chi connectivity index (χ0n) is 21.5. The highest BCUT2D eigenvalue weighted by molar-refractivity contribution is 5.26. The summed E-state index contributed by atoms with van der Waals surface area (Å²) in [5, 5.41) is 0. The molecule has 35 heavy (non-hydrogen) atoms. The van der Waals surface area contributed by atoms with Crippen LogP contribution in [0.25, 0.3) is 0 Å². The molecule has 0 bridgehead atoms. The van der Waals surface area contributed by atoms with Crippen LogP contribution in [0.15, 0.2) is 71.3 Å². The topological polar surface area (TPSA) is 30.5 Å². The van der Waals surface area contributed by atoms with Gasteiger partial charge in [-0.15, -0.1) is 0 Å². The van der Waals surface area contributed by atoms with Gasteiger partial charge < -0.3 is 9.32 Å². The molecule has 0 radical (unpaired) electrons. The number of likely N-dealkylation sites (tertiary alicyclic amines) is 1. The number of benzene rings is 2. The summed E-state index contributed by atoms with van der Waals surface area (Å²) < 4.78 is 6.54. The molecule has 1 aromatic heterocycles. The van der Waals surface area contributed by atoms with Gasteiger partial charge in [-0.1, -0.05) is 93.3 Å². The molecule has 3 aromatic rings. The van der Waals surface area contributed by atoms with E-state index in [2.05, 4.69) is 67.6 Å². The minimum atomic E-state index is 0.296. The van der Waals surface area contributed by atoms with Gasteiger partial charge in [-0.2, -0.15) is 0 Å². The van der Waals surface area contributed by atoms with E-state index in [1.807, 2.05) is 6.20 Å². The maximum Gasteiger partial charge on any atom is 0.202 e. The summed E-state index contributed by atoms with van der Waals surface area (Å²) >= 11 is 0. The Morgan fingerprint density at radius 1 is 0.914 bits per heavy atom. The van der Waals surface area contributed by atoms with Crippen molar-refractivity contribution in [2.75, 3.05) is 13.1 Å². The molecule has 1 N–H and O–H groups in total. The second-order valence-electron chi connectivity index (χ2n) is 11.1. The van der Waals surface area contributed by atoms with Crippen LogP contribution in [0.5, 0.6) is 0 Å². The highest BCUT2D eigenvalue weighted by Gasteiger charge is 2.33. The van der Waals surface area contributed by atoms with E-state index in [4.69, 9.17) is 9.40 Å². The van der Waals surface area contributed by atoms with Crippen molar-refractivity contribution in [3.05, 3.63) is 89.6 Å². The molecule has 3 heteroatoms. The molecule has 2 aliphatic rings. The second kappa shape index (κ2) is 12.0. The Bertz CT molecular complexity index is 1010. The number of nitrogens with one attached hydrogen (secondary N) is 1. The number of quaternary nitrogens is 1. The molecular weight excluding hydrogens is 428 g/mol. The van der Waals surface area contributed by atoms with Crippen molar-refractivity contribution in [1.82, 2.24) is 4.98 Å². The maximum absolute atomic E-state index is 6.54. The first-order chi connectivity index (χ1) is 17.3. The fourth-order valence-electron chi connectivity index (χ4n) is 6.84. The van der Waals surface area contributed by atoms with Gasteiger partial charge in [-0.3, -0.25) is 0 Å². The van der Waals surface area contributed by atoms with Crippen LogP contribution in [0.2, 0.25) is 0 Å². The molecule has 0 amide bonds. The Morgan fingerprint density at radius 3 is 2.40 bits per heavy atom. The lowest BCUT2D eigenvalue weighted by Gasteiger charge is -2.35. The van der Waals surface area contributed by atoms with E-state index in [9.17, 15) is 0 Å². The molecule has 1 aliphatic carbocycles. The molecule has 3 nitrogen and oxygen atoms in total. The molecule has 5 rings (SSSR count). The smallest absolute Gasteiger partial charge is 0.202 e. The Labute approximate surface area is 212 Å². The third-order valence-corrected chi connectivity index (χ3v) is 8.80. The van der Waals surface area contributed by atoms with Crippen LogP contribution in [-0.4, -0.2) is 18.1 Å². The van der Waals surface area contributed by atoms with Crippen molar-refractivity contribution < 1.29 is 9.32 Å². The molecule has 1 saturated heterocycles. The monoisotopic (exact) mass is 471 g/mol. The van der Waals surface area contributed by atoms with E-state index in [-0.39, 0.29) is 0 Å². The zero-order chi connectivity index (χ0) is 23.9. The van der Waals surface area contributed by atoms with Crippen LogP contribution in [-0.2, 0) is 13.0 Å². The average Bonchev–Trinajstić information content (AvgIpc) is 3.37. The first-order valence-corrected chi connectivity index (χ1v) is 14.2. The van der Waals surface area contributed by atoms with Gasteiger partial charge in [-0.25, -0.2) is 4.98 Å².